The quantitative estimate of drug-likeness (QED) is 0.815. The molecule has 2 atom stereocenters. The molecule has 1 heterocycles. The number of ether oxygens (including phenoxy) is 1. The average Bonchev–Trinajstić information content (AvgIpc) is 2.47. The molecule has 1 fully saturated rings. The monoisotopic (exact) mass is 313 g/mol. The Balaban J connectivity index is 2.44. The van der Waals surface area contributed by atoms with Crippen LogP contribution < -0.4 is 15.4 Å². The third-order valence-corrected chi connectivity index (χ3v) is 5.24. The molecule has 7 heteroatoms. The van der Waals surface area contributed by atoms with Gasteiger partial charge < -0.3 is 15.4 Å². The van der Waals surface area contributed by atoms with Gasteiger partial charge in [-0.05, 0) is 38.6 Å². The van der Waals surface area contributed by atoms with Gasteiger partial charge in [-0.15, -0.1) is 0 Å². The van der Waals surface area contributed by atoms with E-state index in [-0.39, 0.29) is 17.0 Å². The lowest BCUT2D eigenvalue weighted by Crippen LogP contribution is -2.49. The molecule has 1 aromatic rings. The SMILES string of the molecule is CCC1COC(C)CN1c1cc(S(=O)(=O)NC)ccc1N. The molecule has 1 aliphatic heterocycles. The highest BCUT2D eigenvalue weighted by molar-refractivity contribution is 7.89. The molecule has 2 unspecified atom stereocenters. The van der Waals surface area contributed by atoms with E-state index in [1.807, 2.05) is 6.92 Å². The maximum Gasteiger partial charge on any atom is 0.240 e. The summed E-state index contributed by atoms with van der Waals surface area (Å²) in [4.78, 5) is 2.38. The summed E-state index contributed by atoms with van der Waals surface area (Å²) in [6, 6.07) is 5.01. The van der Waals surface area contributed by atoms with Crippen LogP contribution in [0.25, 0.3) is 0 Å². The first-order chi connectivity index (χ1) is 9.89. The fourth-order valence-corrected chi connectivity index (χ4v) is 3.28. The first kappa shape index (κ1) is 16.1. The minimum absolute atomic E-state index is 0.0942. The minimum Gasteiger partial charge on any atom is -0.397 e. The number of hydrogen-bond acceptors (Lipinski definition) is 5. The van der Waals surface area contributed by atoms with Crippen LogP contribution in [0, 0.1) is 0 Å². The lowest BCUT2D eigenvalue weighted by atomic mass is 10.1. The van der Waals surface area contributed by atoms with Crippen molar-refractivity contribution in [3.8, 4) is 0 Å². The van der Waals surface area contributed by atoms with Gasteiger partial charge in [-0.1, -0.05) is 6.92 Å². The fourth-order valence-electron chi connectivity index (χ4n) is 2.53. The molecule has 0 aromatic heterocycles. The largest absolute Gasteiger partial charge is 0.397 e. The molecule has 6 nitrogen and oxygen atoms in total. The number of nitrogen functional groups attached to an aromatic ring is 1. The molecule has 0 radical (unpaired) electrons. The molecule has 1 aromatic carbocycles. The Morgan fingerprint density at radius 1 is 1.48 bits per heavy atom. The minimum atomic E-state index is -3.48. The first-order valence-electron chi connectivity index (χ1n) is 7.10. The smallest absolute Gasteiger partial charge is 0.240 e. The van der Waals surface area contributed by atoms with Crippen LogP contribution in [0.2, 0.25) is 0 Å². The standard InChI is InChI=1S/C14H23N3O3S/c1-4-11-9-20-10(2)8-17(11)14-7-12(5-6-13(14)15)21(18,19)16-3/h5-7,10-11,16H,4,8-9,15H2,1-3H3. The molecule has 2 rings (SSSR count). The molecule has 0 aliphatic carbocycles. The molecule has 0 bridgehead atoms. The van der Waals surface area contributed by atoms with Gasteiger partial charge in [0.05, 0.1) is 35.0 Å². The predicted molar refractivity (Wildman–Crippen MR) is 83.9 cm³/mol. The Kier molecular flexibility index (Phi) is 4.75. The zero-order valence-corrected chi connectivity index (χ0v) is 13.5. The summed E-state index contributed by atoms with van der Waals surface area (Å²) in [5.74, 6) is 0. The highest BCUT2D eigenvalue weighted by atomic mass is 32.2. The number of rotatable bonds is 4. The molecular formula is C14H23N3O3S. The van der Waals surface area contributed by atoms with Gasteiger partial charge in [0.15, 0.2) is 0 Å². The number of nitrogens with two attached hydrogens (primary N) is 1. The normalized spacial score (nSPS) is 23.3. The number of nitrogens with one attached hydrogen (secondary N) is 1. The third-order valence-electron chi connectivity index (χ3n) is 3.83. The van der Waals surface area contributed by atoms with Crippen molar-refractivity contribution in [3.05, 3.63) is 18.2 Å². The fraction of sp³-hybridized carbons (Fsp3) is 0.571. The molecule has 21 heavy (non-hydrogen) atoms. The number of morpholine rings is 1. The van der Waals surface area contributed by atoms with Gasteiger partial charge in [-0.3, -0.25) is 0 Å². The Hall–Kier alpha value is -1.31. The van der Waals surface area contributed by atoms with Gasteiger partial charge in [-0.2, -0.15) is 0 Å². The summed E-state index contributed by atoms with van der Waals surface area (Å²) in [6.07, 6.45) is 1.01. The zero-order valence-electron chi connectivity index (χ0n) is 12.7. The molecular weight excluding hydrogens is 290 g/mol. The van der Waals surface area contributed by atoms with Crippen molar-refractivity contribution in [2.24, 2.45) is 0 Å². The second-order valence-corrected chi connectivity index (χ2v) is 7.17. The molecule has 118 valence electrons. The topological polar surface area (TPSA) is 84.7 Å². The van der Waals surface area contributed by atoms with Gasteiger partial charge in [0.1, 0.15) is 0 Å². The van der Waals surface area contributed by atoms with E-state index in [0.29, 0.717) is 18.8 Å². The lowest BCUT2D eigenvalue weighted by Gasteiger charge is -2.40. The maximum absolute atomic E-state index is 12.0. The van der Waals surface area contributed by atoms with E-state index >= 15 is 0 Å². The van der Waals surface area contributed by atoms with Gasteiger partial charge in [0, 0.05) is 6.54 Å². The Labute approximate surface area is 126 Å². The van der Waals surface area contributed by atoms with Gasteiger partial charge in [0.2, 0.25) is 10.0 Å². The van der Waals surface area contributed by atoms with Crippen molar-refractivity contribution in [1.29, 1.82) is 0 Å². The number of hydrogen-bond donors (Lipinski definition) is 2. The van der Waals surface area contributed by atoms with E-state index in [2.05, 4.69) is 16.5 Å². The van der Waals surface area contributed by atoms with E-state index in [4.69, 9.17) is 10.5 Å². The first-order valence-corrected chi connectivity index (χ1v) is 8.58. The van der Waals surface area contributed by atoms with Crippen LogP contribution >= 0.6 is 0 Å². The van der Waals surface area contributed by atoms with Crippen LogP contribution in [0.15, 0.2) is 23.1 Å². The van der Waals surface area contributed by atoms with Crippen LogP contribution in [-0.2, 0) is 14.8 Å². The van der Waals surface area contributed by atoms with Crippen molar-refractivity contribution in [3.63, 3.8) is 0 Å². The van der Waals surface area contributed by atoms with E-state index in [1.165, 1.54) is 13.1 Å². The van der Waals surface area contributed by atoms with E-state index in [1.54, 1.807) is 12.1 Å². The van der Waals surface area contributed by atoms with Gasteiger partial charge in [-0.25, -0.2) is 13.1 Å². The zero-order chi connectivity index (χ0) is 15.6. The summed E-state index contributed by atoms with van der Waals surface area (Å²) in [5.41, 5.74) is 7.41. The number of anilines is 2. The van der Waals surface area contributed by atoms with Crippen molar-refractivity contribution < 1.29 is 13.2 Å². The van der Waals surface area contributed by atoms with E-state index in [9.17, 15) is 8.42 Å². The van der Waals surface area contributed by atoms with Crippen molar-refractivity contribution in [1.82, 2.24) is 4.72 Å². The average molecular weight is 313 g/mol. The predicted octanol–water partition coefficient (Wildman–Crippen LogP) is 1.18. The number of benzene rings is 1. The highest BCUT2D eigenvalue weighted by Gasteiger charge is 2.28. The van der Waals surface area contributed by atoms with Crippen LogP contribution in [0.4, 0.5) is 11.4 Å². The lowest BCUT2D eigenvalue weighted by molar-refractivity contribution is 0.0300. The van der Waals surface area contributed by atoms with Crippen molar-refractivity contribution in [2.75, 3.05) is 30.8 Å². The molecule has 1 saturated heterocycles. The van der Waals surface area contributed by atoms with E-state index in [0.717, 1.165) is 12.1 Å². The molecule has 0 saturated carbocycles. The number of nitrogens with zero attached hydrogens (tertiary/aromatic N) is 1. The number of sulfonamides is 1. The second kappa shape index (κ2) is 6.21. The van der Waals surface area contributed by atoms with Crippen LogP contribution in [0.1, 0.15) is 20.3 Å². The molecule has 3 N–H and O–H groups in total. The summed E-state index contributed by atoms with van der Waals surface area (Å²) < 4.78 is 31.9. The summed E-state index contributed by atoms with van der Waals surface area (Å²) in [6.45, 7) is 5.41. The molecule has 0 spiro atoms. The Bertz CT molecular complexity index is 603. The van der Waals surface area contributed by atoms with Gasteiger partial charge in [0.25, 0.3) is 0 Å². The maximum atomic E-state index is 12.0. The third kappa shape index (κ3) is 3.30. The van der Waals surface area contributed by atoms with Crippen LogP contribution in [0.5, 0.6) is 0 Å². The van der Waals surface area contributed by atoms with E-state index < -0.39 is 10.0 Å². The highest BCUT2D eigenvalue weighted by Crippen LogP contribution is 2.31. The second-order valence-electron chi connectivity index (χ2n) is 5.29. The van der Waals surface area contributed by atoms with Crippen molar-refractivity contribution >= 4 is 21.4 Å². The molecule has 1 aliphatic rings. The summed E-state index contributed by atoms with van der Waals surface area (Å²) in [7, 11) is -2.08. The summed E-state index contributed by atoms with van der Waals surface area (Å²) in [5, 5.41) is 0. The Morgan fingerprint density at radius 2 is 2.19 bits per heavy atom. The summed E-state index contributed by atoms with van der Waals surface area (Å²) >= 11 is 0. The van der Waals surface area contributed by atoms with Crippen LogP contribution in [0.3, 0.4) is 0 Å². The molecule has 0 amide bonds. The van der Waals surface area contributed by atoms with Crippen LogP contribution in [-0.4, -0.2) is 40.8 Å². The Morgan fingerprint density at radius 3 is 2.81 bits per heavy atom. The van der Waals surface area contributed by atoms with Gasteiger partial charge >= 0.3 is 0 Å². The van der Waals surface area contributed by atoms with Crippen molar-refractivity contribution in [2.45, 2.75) is 37.3 Å².